The quantitative estimate of drug-likeness (QED) is 0.777. The molecule has 2 heterocycles. The van der Waals surface area contributed by atoms with Crippen molar-refractivity contribution >= 4 is 32.2 Å². The molecule has 0 spiro atoms. The van der Waals surface area contributed by atoms with Crippen LogP contribution in [0.3, 0.4) is 0 Å². The van der Waals surface area contributed by atoms with E-state index >= 15 is 0 Å². The molecule has 2 N–H and O–H groups in total. The van der Waals surface area contributed by atoms with E-state index in [1.54, 1.807) is 34.9 Å². The molecule has 0 saturated heterocycles. The SMILES string of the molecule is CS(=O)(=O)c1ccc2c(C(N)=O)c3ccccn3c2c1. The highest BCUT2D eigenvalue weighted by Gasteiger charge is 2.17. The van der Waals surface area contributed by atoms with Gasteiger partial charge in [0.15, 0.2) is 9.84 Å². The molecule has 0 aliphatic carbocycles. The standard InChI is InChI=1S/C14H12N2O3S/c1-20(18,19)9-5-6-10-12(8-9)16-7-3-2-4-11(16)13(10)14(15)17/h2-8H,1H3,(H2,15,17). The van der Waals surface area contributed by atoms with Gasteiger partial charge in [0.05, 0.1) is 21.5 Å². The molecule has 0 aliphatic rings. The maximum Gasteiger partial charge on any atom is 0.251 e. The number of amides is 1. The van der Waals surface area contributed by atoms with Gasteiger partial charge in [-0.15, -0.1) is 0 Å². The zero-order chi connectivity index (χ0) is 14.5. The van der Waals surface area contributed by atoms with Gasteiger partial charge in [-0.25, -0.2) is 8.42 Å². The Morgan fingerprint density at radius 2 is 1.90 bits per heavy atom. The second kappa shape index (κ2) is 4.08. The Bertz CT molecular complexity index is 955. The lowest BCUT2D eigenvalue weighted by molar-refractivity contribution is 0.100. The fourth-order valence-corrected chi connectivity index (χ4v) is 3.05. The molecule has 5 nitrogen and oxygen atoms in total. The molecule has 6 heteroatoms. The molecule has 0 unspecified atom stereocenters. The van der Waals surface area contributed by atoms with Crippen LogP contribution in [-0.4, -0.2) is 25.0 Å². The van der Waals surface area contributed by atoms with Crippen LogP contribution in [0.15, 0.2) is 47.5 Å². The summed E-state index contributed by atoms with van der Waals surface area (Å²) in [6.45, 7) is 0. The van der Waals surface area contributed by atoms with Crippen molar-refractivity contribution < 1.29 is 13.2 Å². The smallest absolute Gasteiger partial charge is 0.251 e. The first-order valence-electron chi connectivity index (χ1n) is 5.92. The molecule has 0 fully saturated rings. The fraction of sp³-hybridized carbons (Fsp3) is 0.0714. The summed E-state index contributed by atoms with van der Waals surface area (Å²) in [7, 11) is -3.30. The van der Waals surface area contributed by atoms with Gasteiger partial charge in [0.25, 0.3) is 5.91 Å². The first kappa shape index (κ1) is 12.7. The van der Waals surface area contributed by atoms with E-state index in [0.717, 1.165) is 6.26 Å². The van der Waals surface area contributed by atoms with Crippen molar-refractivity contribution in [1.82, 2.24) is 4.40 Å². The number of carbonyl (C=O) groups is 1. The third-order valence-corrected chi connectivity index (χ3v) is 4.40. The molecule has 3 aromatic rings. The van der Waals surface area contributed by atoms with Gasteiger partial charge < -0.3 is 10.1 Å². The van der Waals surface area contributed by atoms with Gasteiger partial charge in [-0.1, -0.05) is 12.1 Å². The summed E-state index contributed by atoms with van der Waals surface area (Å²) >= 11 is 0. The summed E-state index contributed by atoms with van der Waals surface area (Å²) in [5.74, 6) is -0.532. The van der Waals surface area contributed by atoms with Gasteiger partial charge in [-0.2, -0.15) is 0 Å². The van der Waals surface area contributed by atoms with E-state index in [-0.39, 0.29) is 4.90 Å². The lowest BCUT2D eigenvalue weighted by atomic mass is 10.1. The van der Waals surface area contributed by atoms with Gasteiger partial charge in [-0.05, 0) is 24.3 Å². The van der Waals surface area contributed by atoms with E-state index in [0.29, 0.717) is 22.0 Å². The summed E-state index contributed by atoms with van der Waals surface area (Å²) in [5.41, 5.74) is 7.16. The van der Waals surface area contributed by atoms with Crippen molar-refractivity contribution in [3.05, 3.63) is 48.2 Å². The van der Waals surface area contributed by atoms with Gasteiger partial charge in [-0.3, -0.25) is 4.79 Å². The maximum absolute atomic E-state index is 11.7. The van der Waals surface area contributed by atoms with Crippen molar-refractivity contribution in [2.75, 3.05) is 6.26 Å². The number of rotatable bonds is 2. The zero-order valence-corrected chi connectivity index (χ0v) is 11.5. The van der Waals surface area contributed by atoms with E-state index in [2.05, 4.69) is 0 Å². The molecular formula is C14H12N2O3S. The van der Waals surface area contributed by atoms with Crippen molar-refractivity contribution in [2.45, 2.75) is 4.90 Å². The molecule has 0 bridgehead atoms. The fourth-order valence-electron chi connectivity index (χ4n) is 2.41. The van der Waals surface area contributed by atoms with E-state index in [1.165, 1.54) is 6.07 Å². The van der Waals surface area contributed by atoms with Crippen LogP contribution in [0, 0.1) is 0 Å². The predicted molar refractivity (Wildman–Crippen MR) is 76.5 cm³/mol. The van der Waals surface area contributed by atoms with Gasteiger partial charge in [0, 0.05) is 17.8 Å². The summed E-state index contributed by atoms with van der Waals surface area (Å²) < 4.78 is 25.1. The molecule has 0 aliphatic heterocycles. The number of pyridine rings is 1. The Morgan fingerprint density at radius 3 is 2.55 bits per heavy atom. The number of carbonyl (C=O) groups excluding carboxylic acids is 1. The predicted octanol–water partition coefficient (Wildman–Crippen LogP) is 1.59. The second-order valence-corrected chi connectivity index (χ2v) is 6.66. The summed E-state index contributed by atoms with van der Waals surface area (Å²) in [4.78, 5) is 11.9. The molecule has 102 valence electrons. The lowest BCUT2D eigenvalue weighted by Crippen LogP contribution is -2.10. The monoisotopic (exact) mass is 288 g/mol. The molecule has 0 saturated carbocycles. The van der Waals surface area contributed by atoms with Crippen molar-refractivity contribution in [3.63, 3.8) is 0 Å². The van der Waals surface area contributed by atoms with Crippen LogP contribution in [0.1, 0.15) is 10.4 Å². The molecule has 1 amide bonds. The highest BCUT2D eigenvalue weighted by molar-refractivity contribution is 7.90. The van der Waals surface area contributed by atoms with Gasteiger partial charge in [0.2, 0.25) is 0 Å². The topological polar surface area (TPSA) is 81.6 Å². The van der Waals surface area contributed by atoms with Crippen molar-refractivity contribution in [1.29, 1.82) is 0 Å². The van der Waals surface area contributed by atoms with Crippen LogP contribution in [0.5, 0.6) is 0 Å². The summed E-state index contributed by atoms with van der Waals surface area (Å²) in [6.07, 6.45) is 2.93. The Kier molecular flexibility index (Phi) is 2.58. The van der Waals surface area contributed by atoms with Crippen LogP contribution in [-0.2, 0) is 9.84 Å². The third kappa shape index (κ3) is 1.77. The zero-order valence-electron chi connectivity index (χ0n) is 10.7. The Morgan fingerprint density at radius 1 is 1.15 bits per heavy atom. The first-order valence-corrected chi connectivity index (χ1v) is 7.81. The number of nitrogens with zero attached hydrogens (tertiary/aromatic N) is 1. The number of nitrogens with two attached hydrogens (primary N) is 1. The number of fused-ring (bicyclic) bond motifs is 3. The Labute approximate surface area is 115 Å². The average Bonchev–Trinajstić information content (AvgIpc) is 2.71. The molecule has 3 rings (SSSR count). The van der Waals surface area contributed by atoms with Crippen molar-refractivity contribution in [2.24, 2.45) is 5.73 Å². The number of primary amides is 1. The summed E-state index contributed by atoms with van der Waals surface area (Å²) in [5, 5.41) is 0.649. The molecular weight excluding hydrogens is 276 g/mol. The molecule has 2 aromatic heterocycles. The van der Waals surface area contributed by atoms with E-state index in [4.69, 9.17) is 5.73 Å². The number of sulfone groups is 1. The highest BCUT2D eigenvalue weighted by Crippen LogP contribution is 2.28. The highest BCUT2D eigenvalue weighted by atomic mass is 32.2. The van der Waals surface area contributed by atoms with Crippen LogP contribution in [0.25, 0.3) is 16.4 Å². The van der Waals surface area contributed by atoms with Gasteiger partial charge in [0.1, 0.15) is 0 Å². The number of benzene rings is 1. The van der Waals surface area contributed by atoms with Crippen molar-refractivity contribution in [3.8, 4) is 0 Å². The largest absolute Gasteiger partial charge is 0.366 e. The van der Waals surface area contributed by atoms with Crippen LogP contribution < -0.4 is 5.73 Å². The Balaban J connectivity index is 2.54. The van der Waals surface area contributed by atoms with E-state index < -0.39 is 15.7 Å². The van der Waals surface area contributed by atoms with Crippen LogP contribution in [0.2, 0.25) is 0 Å². The minimum atomic E-state index is -3.30. The minimum absolute atomic E-state index is 0.212. The first-order chi connectivity index (χ1) is 9.39. The molecule has 1 aromatic carbocycles. The Hall–Kier alpha value is -2.34. The van der Waals surface area contributed by atoms with Crippen LogP contribution in [0.4, 0.5) is 0 Å². The number of aromatic nitrogens is 1. The van der Waals surface area contributed by atoms with Gasteiger partial charge >= 0.3 is 0 Å². The lowest BCUT2D eigenvalue weighted by Gasteiger charge is -2.00. The minimum Gasteiger partial charge on any atom is -0.366 e. The summed E-state index contributed by atoms with van der Waals surface area (Å²) in [6, 6.07) is 10.1. The normalized spacial score (nSPS) is 12.1. The third-order valence-electron chi connectivity index (χ3n) is 3.29. The van der Waals surface area contributed by atoms with Crippen LogP contribution >= 0.6 is 0 Å². The molecule has 20 heavy (non-hydrogen) atoms. The molecule has 0 radical (unpaired) electrons. The number of hydrogen-bond donors (Lipinski definition) is 1. The maximum atomic E-state index is 11.7. The number of hydrogen-bond acceptors (Lipinski definition) is 3. The molecule has 0 atom stereocenters. The van der Waals surface area contributed by atoms with E-state index in [1.807, 2.05) is 6.07 Å². The second-order valence-electron chi connectivity index (χ2n) is 4.65. The van der Waals surface area contributed by atoms with E-state index in [9.17, 15) is 13.2 Å². The average molecular weight is 288 g/mol.